The third kappa shape index (κ3) is 5.28. The van der Waals surface area contributed by atoms with Crippen LogP contribution < -0.4 is 14.8 Å². The highest BCUT2D eigenvalue weighted by Crippen LogP contribution is 2.27. The Bertz CT molecular complexity index is 844. The van der Waals surface area contributed by atoms with E-state index in [4.69, 9.17) is 9.47 Å². The number of hydrogen-bond acceptors (Lipinski definition) is 4. The number of nitrogens with zero attached hydrogens (tertiary/aromatic N) is 1. The predicted molar refractivity (Wildman–Crippen MR) is 113 cm³/mol. The van der Waals surface area contributed by atoms with Crippen molar-refractivity contribution in [2.75, 3.05) is 25.5 Å². The lowest BCUT2D eigenvalue weighted by atomic mass is 10.1. The Morgan fingerprint density at radius 3 is 2.24 bits per heavy atom. The zero-order valence-electron chi connectivity index (χ0n) is 17.0. The van der Waals surface area contributed by atoms with Crippen LogP contribution in [-0.4, -0.2) is 43.0 Å². The van der Waals surface area contributed by atoms with Gasteiger partial charge < -0.3 is 19.7 Å². The van der Waals surface area contributed by atoms with Crippen molar-refractivity contribution in [2.45, 2.75) is 38.7 Å². The molecule has 1 heterocycles. The Morgan fingerprint density at radius 2 is 1.55 bits per heavy atom. The van der Waals surface area contributed by atoms with Crippen LogP contribution in [0.2, 0.25) is 0 Å². The summed E-state index contributed by atoms with van der Waals surface area (Å²) in [5.41, 5.74) is 1.01. The average Bonchev–Trinajstić information content (AvgIpc) is 3.03. The van der Waals surface area contributed by atoms with Crippen LogP contribution in [0.4, 0.5) is 5.69 Å². The topological polar surface area (TPSA) is 67.9 Å². The van der Waals surface area contributed by atoms with E-state index in [0.717, 1.165) is 38.8 Å². The molecule has 1 N–H and O–H groups in total. The summed E-state index contributed by atoms with van der Waals surface area (Å²) < 4.78 is 11.0. The van der Waals surface area contributed by atoms with Crippen LogP contribution >= 0.6 is 0 Å². The molecular weight excluding hydrogens is 368 g/mol. The average molecular weight is 396 g/mol. The second-order valence-corrected chi connectivity index (χ2v) is 7.15. The number of hydrogen-bond donors (Lipinski definition) is 1. The van der Waals surface area contributed by atoms with Crippen molar-refractivity contribution in [1.82, 2.24) is 4.90 Å². The molecule has 0 saturated carbocycles. The largest absolute Gasteiger partial charge is 0.493 e. The van der Waals surface area contributed by atoms with E-state index in [1.165, 1.54) is 0 Å². The van der Waals surface area contributed by atoms with Crippen molar-refractivity contribution in [3.05, 3.63) is 54.1 Å². The van der Waals surface area contributed by atoms with Crippen LogP contribution in [0.25, 0.3) is 0 Å². The van der Waals surface area contributed by atoms with Crippen molar-refractivity contribution >= 4 is 17.5 Å². The number of rotatable bonds is 6. The minimum absolute atomic E-state index is 0.0406. The van der Waals surface area contributed by atoms with E-state index in [-0.39, 0.29) is 11.8 Å². The molecule has 6 heteroatoms. The molecule has 2 aromatic carbocycles. The summed E-state index contributed by atoms with van der Waals surface area (Å²) in [6, 6.07) is 14.3. The van der Waals surface area contributed by atoms with Crippen LogP contribution in [0.5, 0.6) is 11.5 Å². The Hall–Kier alpha value is -3.02. The first-order valence-electron chi connectivity index (χ1n) is 10.1. The normalized spacial score (nSPS) is 15.2. The molecule has 1 saturated heterocycles. The fourth-order valence-corrected chi connectivity index (χ4v) is 3.42. The highest BCUT2D eigenvalue weighted by Gasteiger charge is 2.23. The Balaban J connectivity index is 1.71. The first-order valence-corrected chi connectivity index (χ1v) is 10.1. The van der Waals surface area contributed by atoms with E-state index in [2.05, 4.69) is 5.32 Å². The predicted octanol–water partition coefficient (Wildman–Crippen LogP) is 4.12. The molecule has 0 aliphatic carbocycles. The molecule has 0 bridgehead atoms. The van der Waals surface area contributed by atoms with E-state index < -0.39 is 6.10 Å². The fourth-order valence-electron chi connectivity index (χ4n) is 3.42. The molecule has 2 aromatic rings. The van der Waals surface area contributed by atoms with Gasteiger partial charge in [0.05, 0.1) is 18.4 Å². The maximum Gasteiger partial charge on any atom is 0.265 e. The van der Waals surface area contributed by atoms with E-state index in [1.54, 1.807) is 44.4 Å². The van der Waals surface area contributed by atoms with Crippen LogP contribution in [0.1, 0.15) is 43.0 Å². The lowest BCUT2D eigenvalue weighted by Crippen LogP contribution is -2.34. The Kier molecular flexibility index (Phi) is 7.11. The first-order chi connectivity index (χ1) is 14.1. The van der Waals surface area contributed by atoms with Crippen LogP contribution in [0, 0.1) is 0 Å². The molecule has 0 unspecified atom stereocenters. The minimum Gasteiger partial charge on any atom is -0.493 e. The number of likely N-dealkylation sites (tertiary alicyclic amines) is 1. The van der Waals surface area contributed by atoms with Crippen molar-refractivity contribution in [3.8, 4) is 11.5 Å². The van der Waals surface area contributed by atoms with Crippen molar-refractivity contribution in [3.63, 3.8) is 0 Å². The van der Waals surface area contributed by atoms with Gasteiger partial charge in [-0.05, 0) is 44.0 Å². The van der Waals surface area contributed by atoms with Gasteiger partial charge in [-0.2, -0.15) is 0 Å². The lowest BCUT2D eigenvalue weighted by Gasteiger charge is -2.22. The summed E-state index contributed by atoms with van der Waals surface area (Å²) in [6.45, 7) is 3.18. The van der Waals surface area contributed by atoms with Crippen molar-refractivity contribution < 1.29 is 19.1 Å². The third-order valence-electron chi connectivity index (χ3n) is 5.05. The molecule has 1 atom stereocenters. The van der Waals surface area contributed by atoms with Gasteiger partial charge in [0.2, 0.25) is 0 Å². The van der Waals surface area contributed by atoms with Crippen LogP contribution in [0.3, 0.4) is 0 Å². The first kappa shape index (κ1) is 20.7. The van der Waals surface area contributed by atoms with Gasteiger partial charge in [-0.1, -0.05) is 37.1 Å². The van der Waals surface area contributed by atoms with E-state index in [1.807, 2.05) is 23.1 Å². The number of ether oxygens (including phenoxy) is 2. The Labute approximate surface area is 171 Å². The number of para-hydroxylation sites is 3. The molecular formula is C23H28N2O4. The highest BCUT2D eigenvalue weighted by atomic mass is 16.5. The number of carbonyl (C=O) groups excluding carboxylic acids is 2. The number of carbonyl (C=O) groups is 2. The Morgan fingerprint density at radius 1 is 0.931 bits per heavy atom. The lowest BCUT2D eigenvalue weighted by molar-refractivity contribution is -0.122. The molecule has 0 aromatic heterocycles. The highest BCUT2D eigenvalue weighted by molar-refractivity contribution is 6.04. The van der Waals surface area contributed by atoms with Gasteiger partial charge in [-0.25, -0.2) is 0 Å². The molecule has 0 radical (unpaired) electrons. The summed E-state index contributed by atoms with van der Waals surface area (Å²) in [4.78, 5) is 27.6. The number of nitrogens with one attached hydrogen (secondary N) is 1. The second kappa shape index (κ2) is 9.96. The van der Waals surface area contributed by atoms with Gasteiger partial charge in [0, 0.05) is 13.1 Å². The van der Waals surface area contributed by atoms with E-state index >= 15 is 0 Å². The molecule has 1 aliphatic heterocycles. The molecule has 2 amide bonds. The van der Waals surface area contributed by atoms with Gasteiger partial charge in [0.25, 0.3) is 11.8 Å². The van der Waals surface area contributed by atoms with Crippen molar-refractivity contribution in [1.29, 1.82) is 0 Å². The number of benzene rings is 2. The van der Waals surface area contributed by atoms with E-state index in [9.17, 15) is 9.59 Å². The SMILES string of the molecule is COc1ccccc1O[C@@H](C)C(=O)Nc1ccccc1C(=O)N1CCCCCC1. The molecule has 6 nitrogen and oxygen atoms in total. The molecule has 29 heavy (non-hydrogen) atoms. The van der Waals surface area contributed by atoms with Gasteiger partial charge >= 0.3 is 0 Å². The van der Waals surface area contributed by atoms with Crippen LogP contribution in [-0.2, 0) is 4.79 Å². The maximum atomic E-state index is 13.0. The third-order valence-corrected chi connectivity index (χ3v) is 5.05. The zero-order valence-corrected chi connectivity index (χ0v) is 17.0. The van der Waals surface area contributed by atoms with E-state index in [0.29, 0.717) is 22.7 Å². The smallest absolute Gasteiger partial charge is 0.265 e. The standard InChI is InChI=1S/C23H28N2O4/c1-17(29-21-14-8-7-13-20(21)28-2)22(26)24-19-12-6-5-11-18(19)23(27)25-15-9-3-4-10-16-25/h5-8,11-14,17H,3-4,9-10,15-16H2,1-2H3,(H,24,26)/t17-/m0/s1. The fraction of sp³-hybridized carbons (Fsp3) is 0.391. The molecule has 154 valence electrons. The number of methoxy groups -OCH3 is 1. The van der Waals surface area contributed by atoms with Gasteiger partial charge in [0.15, 0.2) is 17.6 Å². The minimum atomic E-state index is -0.757. The summed E-state index contributed by atoms with van der Waals surface area (Å²) in [6.07, 6.45) is 3.58. The summed E-state index contributed by atoms with van der Waals surface area (Å²) >= 11 is 0. The monoisotopic (exact) mass is 396 g/mol. The molecule has 1 aliphatic rings. The number of anilines is 1. The molecule has 3 rings (SSSR count). The number of amides is 2. The van der Waals surface area contributed by atoms with Gasteiger partial charge in [0.1, 0.15) is 0 Å². The molecule has 1 fully saturated rings. The summed E-state index contributed by atoms with van der Waals surface area (Å²) in [5.74, 6) is 0.684. The second-order valence-electron chi connectivity index (χ2n) is 7.15. The van der Waals surface area contributed by atoms with Crippen LogP contribution in [0.15, 0.2) is 48.5 Å². The molecule has 0 spiro atoms. The quantitative estimate of drug-likeness (QED) is 0.798. The summed E-state index contributed by atoms with van der Waals surface area (Å²) in [7, 11) is 1.55. The van der Waals surface area contributed by atoms with Crippen molar-refractivity contribution in [2.24, 2.45) is 0 Å². The van der Waals surface area contributed by atoms with Gasteiger partial charge in [-0.15, -0.1) is 0 Å². The van der Waals surface area contributed by atoms with Gasteiger partial charge in [-0.3, -0.25) is 9.59 Å². The summed E-state index contributed by atoms with van der Waals surface area (Å²) in [5, 5.41) is 2.85. The zero-order chi connectivity index (χ0) is 20.6. The maximum absolute atomic E-state index is 13.0.